The molecular weight excluding hydrogens is 240 g/mol. The predicted molar refractivity (Wildman–Crippen MR) is 78.7 cm³/mol. The van der Waals surface area contributed by atoms with Crippen LogP contribution < -0.4 is 10.6 Å². The van der Waals surface area contributed by atoms with Crippen LogP contribution in [-0.4, -0.2) is 24.9 Å². The summed E-state index contributed by atoms with van der Waals surface area (Å²) in [6.07, 6.45) is 1.73. The van der Waals surface area contributed by atoms with Gasteiger partial charge in [-0.15, -0.1) is 0 Å². The van der Waals surface area contributed by atoms with Crippen molar-refractivity contribution in [2.75, 3.05) is 13.1 Å². The highest BCUT2D eigenvalue weighted by Crippen LogP contribution is 2.24. The Kier molecular flexibility index (Phi) is 7.12. The van der Waals surface area contributed by atoms with Gasteiger partial charge < -0.3 is 10.6 Å². The molecule has 19 heavy (non-hydrogen) atoms. The third-order valence-electron chi connectivity index (χ3n) is 3.32. The Morgan fingerprint density at radius 3 is 1.95 bits per heavy atom. The topological polar surface area (TPSA) is 58.2 Å². The molecule has 0 fully saturated rings. The van der Waals surface area contributed by atoms with E-state index in [1.807, 2.05) is 0 Å². The van der Waals surface area contributed by atoms with Gasteiger partial charge in [0, 0.05) is 24.2 Å². The van der Waals surface area contributed by atoms with E-state index in [9.17, 15) is 9.59 Å². The molecule has 0 aliphatic carbocycles. The van der Waals surface area contributed by atoms with Crippen LogP contribution in [0, 0.1) is 5.41 Å². The standard InChI is InChI=1S/C15H26N2O2/c1-7-15(6,10-17-14(19)12(4)5)8-9-16-13(18)11(2)3/h2,4,7-10H2,1,3,5-6H3,(H,16,18)(H,17,19). The van der Waals surface area contributed by atoms with Crippen LogP contribution in [0.1, 0.15) is 40.5 Å². The number of hydrogen-bond acceptors (Lipinski definition) is 2. The maximum atomic E-state index is 11.5. The van der Waals surface area contributed by atoms with Crippen molar-refractivity contribution in [3.05, 3.63) is 24.3 Å². The Morgan fingerprint density at radius 2 is 1.53 bits per heavy atom. The predicted octanol–water partition coefficient (Wildman–Crippen LogP) is 2.18. The van der Waals surface area contributed by atoms with E-state index >= 15 is 0 Å². The molecule has 0 aliphatic heterocycles. The molecule has 1 atom stereocenters. The van der Waals surface area contributed by atoms with Crippen LogP contribution in [0.3, 0.4) is 0 Å². The maximum Gasteiger partial charge on any atom is 0.246 e. The number of carbonyl (C=O) groups excluding carboxylic acids is 2. The lowest BCUT2D eigenvalue weighted by molar-refractivity contribution is -0.119. The van der Waals surface area contributed by atoms with Gasteiger partial charge in [-0.1, -0.05) is 27.0 Å². The Morgan fingerprint density at radius 1 is 1.05 bits per heavy atom. The van der Waals surface area contributed by atoms with Crippen molar-refractivity contribution in [2.24, 2.45) is 5.41 Å². The minimum absolute atomic E-state index is 0.0343. The second-order valence-corrected chi connectivity index (χ2v) is 5.41. The molecule has 0 saturated carbocycles. The van der Waals surface area contributed by atoms with E-state index in [2.05, 4.69) is 37.6 Å². The average molecular weight is 266 g/mol. The van der Waals surface area contributed by atoms with E-state index in [4.69, 9.17) is 0 Å². The highest BCUT2D eigenvalue weighted by Gasteiger charge is 2.22. The van der Waals surface area contributed by atoms with Gasteiger partial charge in [0.25, 0.3) is 0 Å². The first-order valence-electron chi connectivity index (χ1n) is 6.59. The third kappa shape index (κ3) is 6.79. The molecule has 0 aromatic heterocycles. The van der Waals surface area contributed by atoms with Crippen LogP contribution in [-0.2, 0) is 9.59 Å². The van der Waals surface area contributed by atoms with Crippen molar-refractivity contribution in [3.8, 4) is 0 Å². The fraction of sp³-hybridized carbons (Fsp3) is 0.600. The first-order valence-corrected chi connectivity index (χ1v) is 6.59. The van der Waals surface area contributed by atoms with Gasteiger partial charge in [0.05, 0.1) is 0 Å². The van der Waals surface area contributed by atoms with E-state index in [-0.39, 0.29) is 17.2 Å². The zero-order chi connectivity index (χ0) is 15.1. The fourth-order valence-corrected chi connectivity index (χ4v) is 1.46. The molecule has 0 heterocycles. The lowest BCUT2D eigenvalue weighted by atomic mass is 9.83. The molecular formula is C15H26N2O2. The quantitative estimate of drug-likeness (QED) is 0.662. The molecule has 2 amide bonds. The summed E-state index contributed by atoms with van der Waals surface area (Å²) in [5.74, 6) is -0.241. The summed E-state index contributed by atoms with van der Waals surface area (Å²) in [7, 11) is 0. The highest BCUT2D eigenvalue weighted by molar-refractivity contribution is 5.92. The molecule has 108 valence electrons. The summed E-state index contributed by atoms with van der Waals surface area (Å²) >= 11 is 0. The summed E-state index contributed by atoms with van der Waals surface area (Å²) < 4.78 is 0. The minimum atomic E-state index is -0.121. The Balaban J connectivity index is 4.22. The highest BCUT2D eigenvalue weighted by atomic mass is 16.2. The molecule has 1 unspecified atom stereocenters. The van der Waals surface area contributed by atoms with Crippen molar-refractivity contribution in [1.82, 2.24) is 10.6 Å². The second kappa shape index (κ2) is 7.77. The van der Waals surface area contributed by atoms with Crippen LogP contribution in [0.25, 0.3) is 0 Å². The molecule has 0 saturated heterocycles. The van der Waals surface area contributed by atoms with E-state index in [1.165, 1.54) is 0 Å². The number of nitrogens with one attached hydrogen (secondary N) is 2. The van der Waals surface area contributed by atoms with Gasteiger partial charge in [-0.25, -0.2) is 0 Å². The third-order valence-corrected chi connectivity index (χ3v) is 3.32. The molecule has 0 radical (unpaired) electrons. The number of carbonyl (C=O) groups is 2. The monoisotopic (exact) mass is 266 g/mol. The van der Waals surface area contributed by atoms with Gasteiger partial charge in [-0.2, -0.15) is 0 Å². The van der Waals surface area contributed by atoms with Gasteiger partial charge in [0.2, 0.25) is 11.8 Å². The summed E-state index contributed by atoms with van der Waals surface area (Å²) in [6.45, 7) is 15.9. The molecule has 2 N–H and O–H groups in total. The average Bonchev–Trinajstić information content (AvgIpc) is 2.35. The Hall–Kier alpha value is -1.58. The molecule has 0 bridgehead atoms. The van der Waals surface area contributed by atoms with Gasteiger partial charge in [-0.3, -0.25) is 9.59 Å². The molecule has 0 aromatic rings. The van der Waals surface area contributed by atoms with E-state index in [0.717, 1.165) is 12.8 Å². The van der Waals surface area contributed by atoms with E-state index in [1.54, 1.807) is 13.8 Å². The normalized spacial score (nSPS) is 13.3. The van der Waals surface area contributed by atoms with Crippen LogP contribution >= 0.6 is 0 Å². The summed E-state index contributed by atoms with van der Waals surface area (Å²) in [5, 5.41) is 5.68. The molecule has 0 aliphatic rings. The fourth-order valence-electron chi connectivity index (χ4n) is 1.46. The van der Waals surface area contributed by atoms with Gasteiger partial charge in [-0.05, 0) is 32.1 Å². The Bertz CT molecular complexity index is 374. The van der Waals surface area contributed by atoms with E-state index in [0.29, 0.717) is 24.2 Å². The van der Waals surface area contributed by atoms with Crippen molar-refractivity contribution in [1.29, 1.82) is 0 Å². The molecule has 4 nitrogen and oxygen atoms in total. The van der Waals surface area contributed by atoms with Crippen molar-refractivity contribution >= 4 is 11.8 Å². The smallest absolute Gasteiger partial charge is 0.246 e. The first kappa shape index (κ1) is 17.4. The van der Waals surface area contributed by atoms with Gasteiger partial charge in [0.15, 0.2) is 0 Å². The van der Waals surface area contributed by atoms with Crippen LogP contribution in [0.4, 0.5) is 0 Å². The van der Waals surface area contributed by atoms with Crippen LogP contribution in [0.15, 0.2) is 24.3 Å². The summed E-state index contributed by atoms with van der Waals surface area (Å²) in [5.41, 5.74) is 0.982. The number of rotatable bonds is 8. The molecule has 0 spiro atoms. The SMILES string of the molecule is C=C(C)C(=O)NCCC(C)(CC)CNC(=O)C(=C)C. The summed E-state index contributed by atoms with van der Waals surface area (Å²) in [6, 6.07) is 0. The van der Waals surface area contributed by atoms with Gasteiger partial charge in [0.1, 0.15) is 0 Å². The van der Waals surface area contributed by atoms with Gasteiger partial charge >= 0.3 is 0 Å². The maximum absolute atomic E-state index is 11.5. The minimum Gasteiger partial charge on any atom is -0.352 e. The largest absolute Gasteiger partial charge is 0.352 e. The van der Waals surface area contributed by atoms with E-state index < -0.39 is 0 Å². The second-order valence-electron chi connectivity index (χ2n) is 5.41. The molecule has 0 rings (SSSR count). The molecule has 4 heteroatoms. The number of hydrogen-bond donors (Lipinski definition) is 2. The number of amides is 2. The van der Waals surface area contributed by atoms with Crippen molar-refractivity contribution < 1.29 is 9.59 Å². The molecule has 0 aromatic carbocycles. The van der Waals surface area contributed by atoms with Crippen molar-refractivity contribution in [3.63, 3.8) is 0 Å². The van der Waals surface area contributed by atoms with Crippen LogP contribution in [0.5, 0.6) is 0 Å². The lowest BCUT2D eigenvalue weighted by Gasteiger charge is -2.28. The van der Waals surface area contributed by atoms with Crippen LogP contribution in [0.2, 0.25) is 0 Å². The lowest BCUT2D eigenvalue weighted by Crippen LogP contribution is -2.38. The Labute approximate surface area is 116 Å². The van der Waals surface area contributed by atoms with Crippen molar-refractivity contribution in [2.45, 2.75) is 40.5 Å². The zero-order valence-electron chi connectivity index (χ0n) is 12.6. The first-order chi connectivity index (χ1) is 8.72. The summed E-state index contributed by atoms with van der Waals surface area (Å²) in [4.78, 5) is 22.9. The zero-order valence-corrected chi connectivity index (χ0v) is 12.6.